The number of hydrogen-bond acceptors (Lipinski definition) is 1. The van der Waals surface area contributed by atoms with Gasteiger partial charge in [0.05, 0.1) is 0 Å². The normalized spacial score (nSPS) is 31.5. The number of rotatable bonds is 1. The average Bonchev–Trinajstić information content (AvgIpc) is 1.82. The van der Waals surface area contributed by atoms with Crippen molar-refractivity contribution in [1.82, 2.24) is 0 Å². The highest BCUT2D eigenvalue weighted by Crippen LogP contribution is 2.35. The van der Waals surface area contributed by atoms with Crippen molar-refractivity contribution in [2.45, 2.75) is 31.9 Å². The lowest BCUT2D eigenvalue weighted by Crippen LogP contribution is -2.31. The van der Waals surface area contributed by atoms with E-state index in [1.807, 2.05) is 0 Å². The summed E-state index contributed by atoms with van der Waals surface area (Å²) in [7, 11) is 0. The van der Waals surface area contributed by atoms with Gasteiger partial charge in [0.25, 0.3) is 0 Å². The molecular formula is C8H12F3N. The number of allylic oxidation sites excluding steroid dienone is 2. The molecule has 0 spiro atoms. The largest absolute Gasteiger partial charge is 0.402 e. The Balaban J connectivity index is 2.68. The number of halogens is 3. The Kier molecular flexibility index (Phi) is 2.35. The van der Waals surface area contributed by atoms with Crippen molar-refractivity contribution in [2.24, 2.45) is 11.7 Å². The molecule has 1 rings (SSSR count). The summed E-state index contributed by atoms with van der Waals surface area (Å²) in [5.41, 5.74) is 5.54. The Morgan fingerprint density at radius 1 is 1.58 bits per heavy atom. The second-order valence-corrected chi connectivity index (χ2v) is 3.35. The van der Waals surface area contributed by atoms with Crippen LogP contribution in [-0.4, -0.2) is 12.1 Å². The third-order valence-corrected chi connectivity index (χ3v) is 2.10. The van der Waals surface area contributed by atoms with Crippen LogP contribution in [0.1, 0.15) is 19.8 Å². The van der Waals surface area contributed by atoms with E-state index in [4.69, 9.17) is 5.73 Å². The zero-order valence-corrected chi connectivity index (χ0v) is 6.86. The van der Waals surface area contributed by atoms with Crippen LogP contribution in [0.25, 0.3) is 0 Å². The molecule has 2 unspecified atom stereocenters. The first kappa shape index (κ1) is 9.42. The molecule has 0 heterocycles. The van der Waals surface area contributed by atoms with Gasteiger partial charge in [0.15, 0.2) is 0 Å². The fourth-order valence-electron chi connectivity index (χ4n) is 1.39. The molecule has 0 aromatic carbocycles. The molecule has 0 fully saturated rings. The maximum absolute atomic E-state index is 12.7. The van der Waals surface area contributed by atoms with Crippen LogP contribution in [0.4, 0.5) is 13.2 Å². The summed E-state index contributed by atoms with van der Waals surface area (Å²) in [4.78, 5) is 0. The van der Waals surface area contributed by atoms with Gasteiger partial charge in [-0.3, -0.25) is 0 Å². The minimum Gasteiger partial charge on any atom is -0.402 e. The quantitative estimate of drug-likeness (QED) is 0.656. The molecule has 1 nitrogen and oxygen atoms in total. The maximum Gasteiger partial charge on any atom is 0.248 e. The van der Waals surface area contributed by atoms with Gasteiger partial charge < -0.3 is 5.73 Å². The number of hydrogen-bond donors (Lipinski definition) is 1. The van der Waals surface area contributed by atoms with E-state index < -0.39 is 18.0 Å². The summed E-state index contributed by atoms with van der Waals surface area (Å²) in [6.45, 7) is 0.809. The van der Waals surface area contributed by atoms with Crippen molar-refractivity contribution in [2.75, 3.05) is 0 Å². The molecule has 70 valence electrons. The smallest absolute Gasteiger partial charge is 0.248 e. The molecule has 2 atom stereocenters. The summed E-state index contributed by atoms with van der Waals surface area (Å²) in [6, 6.07) is 0. The fourth-order valence-corrected chi connectivity index (χ4v) is 1.39. The van der Waals surface area contributed by atoms with Gasteiger partial charge in [0.1, 0.15) is 6.17 Å². The van der Waals surface area contributed by atoms with Gasteiger partial charge >= 0.3 is 0 Å². The van der Waals surface area contributed by atoms with Gasteiger partial charge in [0, 0.05) is 11.6 Å². The van der Waals surface area contributed by atoms with E-state index in [0.717, 1.165) is 6.92 Å². The first-order valence-electron chi connectivity index (χ1n) is 3.87. The van der Waals surface area contributed by atoms with E-state index in [9.17, 15) is 13.2 Å². The highest BCUT2D eigenvalue weighted by molar-refractivity contribution is 5.08. The lowest BCUT2D eigenvalue weighted by Gasteiger charge is -2.27. The molecule has 4 heteroatoms. The van der Waals surface area contributed by atoms with Crippen LogP contribution in [-0.2, 0) is 0 Å². The van der Waals surface area contributed by atoms with Gasteiger partial charge in [0.2, 0.25) is 5.92 Å². The Labute approximate surface area is 69.4 Å². The van der Waals surface area contributed by atoms with E-state index >= 15 is 0 Å². The first-order chi connectivity index (χ1) is 5.39. The van der Waals surface area contributed by atoms with E-state index in [1.54, 1.807) is 0 Å². The highest BCUT2D eigenvalue weighted by atomic mass is 19.3. The van der Waals surface area contributed by atoms with Crippen molar-refractivity contribution < 1.29 is 13.2 Å². The molecule has 0 saturated carbocycles. The Morgan fingerprint density at radius 2 is 2.17 bits per heavy atom. The summed E-state index contributed by atoms with van der Waals surface area (Å²) in [5.74, 6) is -3.78. The number of nitrogens with two attached hydrogens (primary N) is 1. The fraction of sp³-hybridized carbons (Fsp3) is 0.750. The lowest BCUT2D eigenvalue weighted by molar-refractivity contribution is -0.0504. The van der Waals surface area contributed by atoms with Crippen molar-refractivity contribution in [3.63, 3.8) is 0 Å². The van der Waals surface area contributed by atoms with Crippen LogP contribution in [0.15, 0.2) is 11.8 Å². The van der Waals surface area contributed by atoms with Crippen molar-refractivity contribution in [1.29, 1.82) is 0 Å². The molecule has 0 aromatic rings. The van der Waals surface area contributed by atoms with E-state index in [2.05, 4.69) is 0 Å². The number of alkyl halides is 3. The maximum atomic E-state index is 12.7. The van der Waals surface area contributed by atoms with Gasteiger partial charge in [-0.2, -0.15) is 0 Å². The zero-order valence-electron chi connectivity index (χ0n) is 6.86. The standard InChI is InChI=1S/C8H12F3N/c1-8(10,11)5-2-6(9)4-7(12)3-5/h4-6H,2-3,12H2,1H3. The van der Waals surface area contributed by atoms with Gasteiger partial charge in [-0.1, -0.05) is 0 Å². The summed E-state index contributed by atoms with van der Waals surface area (Å²) >= 11 is 0. The topological polar surface area (TPSA) is 26.0 Å². The molecule has 0 aromatic heterocycles. The summed E-state index contributed by atoms with van der Waals surface area (Å²) in [6.07, 6.45) is -0.120. The Hall–Kier alpha value is -0.670. The minimum atomic E-state index is -2.83. The third kappa shape index (κ3) is 2.16. The summed E-state index contributed by atoms with van der Waals surface area (Å²) in [5, 5.41) is 0. The molecule has 2 N–H and O–H groups in total. The second-order valence-electron chi connectivity index (χ2n) is 3.35. The van der Waals surface area contributed by atoms with Gasteiger partial charge in [-0.15, -0.1) is 0 Å². The molecular weight excluding hydrogens is 167 g/mol. The lowest BCUT2D eigenvalue weighted by atomic mass is 9.87. The first-order valence-corrected chi connectivity index (χ1v) is 3.87. The monoisotopic (exact) mass is 179 g/mol. The van der Waals surface area contributed by atoms with E-state index in [0.29, 0.717) is 0 Å². The predicted molar refractivity (Wildman–Crippen MR) is 40.5 cm³/mol. The average molecular weight is 179 g/mol. The third-order valence-electron chi connectivity index (χ3n) is 2.10. The zero-order chi connectivity index (χ0) is 9.35. The molecule has 0 saturated heterocycles. The molecule has 12 heavy (non-hydrogen) atoms. The van der Waals surface area contributed by atoms with Crippen LogP contribution in [0.5, 0.6) is 0 Å². The summed E-state index contributed by atoms with van der Waals surface area (Å²) < 4.78 is 38.1. The van der Waals surface area contributed by atoms with Crippen molar-refractivity contribution >= 4 is 0 Å². The Bertz CT molecular complexity index is 195. The molecule has 1 aliphatic rings. The highest BCUT2D eigenvalue weighted by Gasteiger charge is 2.37. The van der Waals surface area contributed by atoms with Crippen molar-refractivity contribution in [3.8, 4) is 0 Å². The minimum absolute atomic E-state index is 0.101. The van der Waals surface area contributed by atoms with Crippen LogP contribution in [0.2, 0.25) is 0 Å². The van der Waals surface area contributed by atoms with E-state index in [1.165, 1.54) is 6.08 Å². The van der Waals surface area contributed by atoms with Crippen LogP contribution in [0.3, 0.4) is 0 Å². The second kappa shape index (κ2) is 2.99. The molecule has 0 bridgehead atoms. The molecule has 0 aliphatic heterocycles. The Morgan fingerprint density at radius 3 is 2.58 bits per heavy atom. The van der Waals surface area contributed by atoms with Crippen LogP contribution in [0, 0.1) is 5.92 Å². The molecule has 0 radical (unpaired) electrons. The van der Waals surface area contributed by atoms with Gasteiger partial charge in [-0.25, -0.2) is 13.2 Å². The van der Waals surface area contributed by atoms with Gasteiger partial charge in [-0.05, 0) is 25.8 Å². The van der Waals surface area contributed by atoms with Crippen LogP contribution < -0.4 is 5.73 Å². The van der Waals surface area contributed by atoms with Crippen LogP contribution >= 0.6 is 0 Å². The SMILES string of the molecule is CC(F)(F)C1CC(N)=CC(F)C1. The van der Waals surface area contributed by atoms with Crippen molar-refractivity contribution in [3.05, 3.63) is 11.8 Å². The predicted octanol–water partition coefficient (Wildman–Crippen LogP) is 2.23. The van der Waals surface area contributed by atoms with E-state index in [-0.39, 0.29) is 18.5 Å². The molecule has 1 aliphatic carbocycles. The molecule has 0 amide bonds.